The maximum atomic E-state index is 12.1. The number of nitrogens with zero attached hydrogens (tertiary/aromatic N) is 2. The van der Waals surface area contributed by atoms with Crippen molar-refractivity contribution < 1.29 is 9.53 Å². The summed E-state index contributed by atoms with van der Waals surface area (Å²) in [6.45, 7) is 8.38. The summed E-state index contributed by atoms with van der Waals surface area (Å²) in [7, 11) is 0. The van der Waals surface area contributed by atoms with Crippen LogP contribution in [0.4, 0.5) is 4.79 Å². The van der Waals surface area contributed by atoms with E-state index in [1.807, 2.05) is 45.4 Å². The zero-order valence-electron chi connectivity index (χ0n) is 15.0. The van der Waals surface area contributed by atoms with Gasteiger partial charge in [0.15, 0.2) is 0 Å². The van der Waals surface area contributed by atoms with Gasteiger partial charge in [0.2, 0.25) is 0 Å². The van der Waals surface area contributed by atoms with Crippen LogP contribution < -0.4 is 0 Å². The number of carbonyl (C=O) groups excluding carboxylic acids is 1. The van der Waals surface area contributed by atoms with Crippen molar-refractivity contribution >= 4 is 6.09 Å². The summed E-state index contributed by atoms with van der Waals surface area (Å²) in [5, 5.41) is 0. The lowest BCUT2D eigenvalue weighted by Crippen LogP contribution is -2.34. The molecule has 1 fully saturated rings. The lowest BCUT2D eigenvalue weighted by Gasteiger charge is -2.26. The van der Waals surface area contributed by atoms with Crippen molar-refractivity contribution in [2.45, 2.75) is 58.5 Å². The number of allylic oxidation sites excluding steroid dienone is 2. The zero-order valence-corrected chi connectivity index (χ0v) is 15.0. The van der Waals surface area contributed by atoms with Crippen molar-refractivity contribution in [3.8, 4) is 0 Å². The van der Waals surface area contributed by atoms with Crippen molar-refractivity contribution in [1.29, 1.82) is 0 Å². The molecule has 4 nitrogen and oxygen atoms in total. The first-order valence-corrected chi connectivity index (χ1v) is 8.64. The minimum Gasteiger partial charge on any atom is -0.443 e. The highest BCUT2D eigenvalue weighted by atomic mass is 16.6. The van der Waals surface area contributed by atoms with E-state index < -0.39 is 5.60 Å². The smallest absolute Gasteiger partial charge is 0.414 e. The first kappa shape index (κ1) is 16.7. The first-order valence-electron chi connectivity index (χ1n) is 8.64. The van der Waals surface area contributed by atoms with Crippen LogP contribution in [-0.4, -0.2) is 28.1 Å². The Morgan fingerprint density at radius 3 is 2.67 bits per heavy atom. The molecule has 1 aromatic heterocycles. The maximum absolute atomic E-state index is 12.1. The summed E-state index contributed by atoms with van der Waals surface area (Å²) in [5.41, 5.74) is 4.80. The van der Waals surface area contributed by atoms with Crippen LogP contribution in [0, 0.1) is 6.92 Å². The normalized spacial score (nSPS) is 17.7. The molecule has 24 heavy (non-hydrogen) atoms. The third kappa shape index (κ3) is 4.05. The van der Waals surface area contributed by atoms with E-state index in [9.17, 15) is 4.79 Å². The molecular formula is C20H26N2O2. The SMILES string of the molecule is Cc1c(CC2=CCN(C(=O)OC(C)(C)C)C=C2)cncc1C1CC1. The van der Waals surface area contributed by atoms with Gasteiger partial charge >= 0.3 is 6.09 Å². The van der Waals surface area contributed by atoms with Crippen LogP contribution in [0.2, 0.25) is 0 Å². The van der Waals surface area contributed by atoms with Gasteiger partial charge in [0.1, 0.15) is 5.60 Å². The molecule has 0 radical (unpaired) electrons. The predicted molar refractivity (Wildman–Crippen MR) is 94.8 cm³/mol. The molecule has 1 aliphatic carbocycles. The standard InChI is InChI=1S/C20H26N2O2/c1-14-17(12-21-13-18(14)16-5-6-16)11-15-7-9-22(10-8-15)19(23)24-20(2,3)4/h7-9,12-13,16H,5-6,10-11H2,1-4H3. The van der Waals surface area contributed by atoms with Gasteiger partial charge in [0.25, 0.3) is 0 Å². The van der Waals surface area contributed by atoms with E-state index >= 15 is 0 Å². The highest BCUT2D eigenvalue weighted by Crippen LogP contribution is 2.41. The number of ether oxygens (including phenoxy) is 1. The Balaban J connectivity index is 1.63. The highest BCUT2D eigenvalue weighted by molar-refractivity contribution is 5.70. The lowest BCUT2D eigenvalue weighted by molar-refractivity contribution is 0.0349. The average Bonchev–Trinajstić information content (AvgIpc) is 3.33. The summed E-state index contributed by atoms with van der Waals surface area (Å²) in [6, 6.07) is 0. The fourth-order valence-electron chi connectivity index (χ4n) is 2.91. The van der Waals surface area contributed by atoms with Crippen LogP contribution >= 0.6 is 0 Å². The third-order valence-corrected chi connectivity index (χ3v) is 4.42. The molecule has 0 bridgehead atoms. The number of aromatic nitrogens is 1. The van der Waals surface area contributed by atoms with Crippen LogP contribution in [0.3, 0.4) is 0 Å². The summed E-state index contributed by atoms with van der Waals surface area (Å²) in [6.07, 6.45) is 13.0. The molecular weight excluding hydrogens is 300 g/mol. The number of amides is 1. The zero-order chi connectivity index (χ0) is 17.3. The van der Waals surface area contributed by atoms with Gasteiger partial charge < -0.3 is 4.74 Å². The minimum atomic E-state index is -0.471. The first-order chi connectivity index (χ1) is 11.3. The molecule has 2 aliphatic rings. The van der Waals surface area contributed by atoms with Crippen LogP contribution in [0.5, 0.6) is 0 Å². The van der Waals surface area contributed by atoms with Crippen molar-refractivity contribution in [2.75, 3.05) is 6.54 Å². The quantitative estimate of drug-likeness (QED) is 0.821. The summed E-state index contributed by atoms with van der Waals surface area (Å²) < 4.78 is 5.40. The molecule has 1 aromatic rings. The van der Waals surface area contributed by atoms with Gasteiger partial charge in [-0.05, 0) is 81.2 Å². The summed E-state index contributed by atoms with van der Waals surface area (Å²) in [4.78, 5) is 18.1. The summed E-state index contributed by atoms with van der Waals surface area (Å²) in [5.74, 6) is 0.719. The highest BCUT2D eigenvalue weighted by Gasteiger charge is 2.26. The lowest BCUT2D eigenvalue weighted by atomic mass is 9.96. The van der Waals surface area contributed by atoms with Crippen molar-refractivity contribution in [1.82, 2.24) is 9.88 Å². The number of hydrogen-bond acceptors (Lipinski definition) is 3. The van der Waals surface area contributed by atoms with E-state index in [2.05, 4.69) is 18.0 Å². The summed E-state index contributed by atoms with van der Waals surface area (Å²) >= 11 is 0. The van der Waals surface area contributed by atoms with E-state index in [0.717, 1.165) is 12.3 Å². The van der Waals surface area contributed by atoms with Gasteiger partial charge in [-0.3, -0.25) is 9.88 Å². The molecule has 2 heterocycles. The second-order valence-corrected chi connectivity index (χ2v) is 7.69. The monoisotopic (exact) mass is 326 g/mol. The molecule has 0 N–H and O–H groups in total. The van der Waals surface area contributed by atoms with E-state index in [4.69, 9.17) is 4.74 Å². The third-order valence-electron chi connectivity index (χ3n) is 4.42. The number of hydrogen-bond donors (Lipinski definition) is 0. The van der Waals surface area contributed by atoms with Crippen LogP contribution in [0.25, 0.3) is 0 Å². The topological polar surface area (TPSA) is 42.4 Å². The van der Waals surface area contributed by atoms with Crippen LogP contribution in [0.1, 0.15) is 56.2 Å². The fourth-order valence-corrected chi connectivity index (χ4v) is 2.91. The molecule has 128 valence electrons. The Bertz CT molecular complexity index is 694. The number of carbonyl (C=O) groups is 1. The molecule has 0 unspecified atom stereocenters. The molecule has 1 amide bonds. The fraction of sp³-hybridized carbons (Fsp3) is 0.500. The minimum absolute atomic E-state index is 0.303. The van der Waals surface area contributed by atoms with Crippen LogP contribution in [-0.2, 0) is 11.2 Å². The van der Waals surface area contributed by atoms with E-state index in [1.54, 1.807) is 4.90 Å². The van der Waals surface area contributed by atoms with Gasteiger partial charge in [-0.1, -0.05) is 6.08 Å². The predicted octanol–water partition coefficient (Wildman–Crippen LogP) is 4.50. The molecule has 3 rings (SSSR count). The molecule has 1 saturated carbocycles. The van der Waals surface area contributed by atoms with Gasteiger partial charge in [-0.25, -0.2) is 4.79 Å². The van der Waals surface area contributed by atoms with Crippen molar-refractivity contribution in [3.63, 3.8) is 0 Å². The van der Waals surface area contributed by atoms with E-state index in [0.29, 0.717) is 6.54 Å². The Kier molecular flexibility index (Phi) is 4.48. The second-order valence-electron chi connectivity index (χ2n) is 7.69. The largest absolute Gasteiger partial charge is 0.443 e. The van der Waals surface area contributed by atoms with Crippen molar-refractivity contribution in [3.05, 3.63) is 53.0 Å². The Hall–Kier alpha value is -2.10. The van der Waals surface area contributed by atoms with E-state index in [-0.39, 0.29) is 6.09 Å². The molecule has 0 saturated heterocycles. The van der Waals surface area contributed by atoms with E-state index in [1.165, 1.54) is 35.1 Å². The second kappa shape index (κ2) is 6.42. The van der Waals surface area contributed by atoms with Gasteiger partial charge in [-0.15, -0.1) is 0 Å². The maximum Gasteiger partial charge on any atom is 0.414 e. The van der Waals surface area contributed by atoms with Gasteiger partial charge in [0.05, 0.1) is 0 Å². The number of rotatable bonds is 3. The molecule has 1 aliphatic heterocycles. The molecule has 0 aromatic carbocycles. The Morgan fingerprint density at radius 2 is 2.08 bits per heavy atom. The Morgan fingerprint density at radius 1 is 1.33 bits per heavy atom. The molecule has 0 spiro atoms. The Labute approximate surface area is 144 Å². The van der Waals surface area contributed by atoms with Gasteiger partial charge in [-0.2, -0.15) is 0 Å². The molecule has 4 heteroatoms. The molecule has 0 atom stereocenters. The van der Waals surface area contributed by atoms with Crippen LogP contribution in [0.15, 0.2) is 36.3 Å². The average molecular weight is 326 g/mol. The number of pyridine rings is 1. The van der Waals surface area contributed by atoms with Gasteiger partial charge in [0, 0.05) is 25.1 Å². The van der Waals surface area contributed by atoms with Crippen molar-refractivity contribution in [2.24, 2.45) is 0 Å².